The van der Waals surface area contributed by atoms with E-state index in [4.69, 9.17) is 0 Å². The van der Waals surface area contributed by atoms with E-state index in [0.29, 0.717) is 0 Å². The van der Waals surface area contributed by atoms with Crippen LogP contribution in [0.3, 0.4) is 0 Å². The van der Waals surface area contributed by atoms with E-state index in [1.54, 1.807) is 12.4 Å². The fourth-order valence-corrected chi connectivity index (χ4v) is 15.5. The third-order valence-corrected chi connectivity index (χ3v) is 15.2. The molecule has 0 aliphatic heterocycles. The Bertz CT molecular complexity index is 1580. The molecule has 0 unspecified atom stereocenters. The summed E-state index contributed by atoms with van der Waals surface area (Å²) in [5.74, 6) is 0. The number of H-pyrrole nitrogens is 2. The maximum atomic E-state index is 4.32. The van der Waals surface area contributed by atoms with Crippen LogP contribution in [-0.2, 0) is 0 Å². The van der Waals surface area contributed by atoms with Crippen molar-refractivity contribution < 1.29 is 0 Å². The summed E-state index contributed by atoms with van der Waals surface area (Å²) in [4.78, 5) is 0. The van der Waals surface area contributed by atoms with E-state index in [-0.39, 0.29) is 20.6 Å². The third-order valence-electron chi connectivity index (χ3n) is 8.09. The molecule has 5 aromatic rings. The summed E-state index contributed by atoms with van der Waals surface area (Å²) >= 11 is 0. The Morgan fingerprint density at radius 1 is 0.435 bits per heavy atom. The summed E-state index contributed by atoms with van der Waals surface area (Å²) in [6.07, 6.45) is 3.55. The zero-order chi connectivity index (χ0) is 33.7. The molecule has 0 aliphatic carbocycles. The quantitative estimate of drug-likeness (QED) is 0.179. The molecule has 242 valence electrons. The zero-order valence-electron chi connectivity index (χ0n) is 29.6. The lowest BCUT2D eigenvalue weighted by atomic mass is 9.98. The lowest BCUT2D eigenvalue weighted by molar-refractivity contribution is 0.713. The van der Waals surface area contributed by atoms with Crippen LogP contribution in [0.5, 0.6) is 0 Å². The molecule has 0 amide bonds. The second kappa shape index (κ2) is 12.4. The van der Waals surface area contributed by atoms with Gasteiger partial charge in [0, 0.05) is 11.1 Å². The molecule has 5 rings (SSSR count). The predicted octanol–water partition coefficient (Wildman–Crippen LogP) is 10.00. The number of nitrogens with zero attached hydrogens (tertiary/aromatic N) is 4. The highest BCUT2D eigenvalue weighted by Gasteiger charge is 2.41. The molecule has 2 heterocycles. The highest BCUT2D eigenvalue weighted by molar-refractivity contribution is 7.69. The molecule has 2 N–H and O–H groups in total. The van der Waals surface area contributed by atoms with E-state index in [9.17, 15) is 0 Å². The molecule has 0 atom stereocenters. The monoisotopic (exact) mass is 652 g/mol. The third kappa shape index (κ3) is 7.19. The lowest BCUT2D eigenvalue weighted by Crippen LogP contribution is -2.35. The Morgan fingerprint density at radius 3 is 0.957 bits per heavy atom. The highest BCUT2D eigenvalue weighted by Crippen LogP contribution is 2.62. The van der Waals surface area contributed by atoms with Crippen molar-refractivity contribution in [1.29, 1.82) is 0 Å². The normalized spacial score (nSPS) is 13.2. The molecule has 0 radical (unpaired) electrons. The standard InChI is InChI=1S/C38H50N6P2/c1-35(2,3)45(36(4,5)6)33-21-30(26-15-19-28(20-16-26)32-24-40-44-42-32)34(46(37(7,8)9)38(10,11)12)22-29(33)25-13-17-27(18-14-25)31-23-39-43-41-31/h13-24H,1-12H3,(H,39,41,43)(H,40,42,44). The summed E-state index contributed by atoms with van der Waals surface area (Å²) in [6, 6.07) is 23.0. The van der Waals surface area contributed by atoms with Crippen LogP contribution in [0.25, 0.3) is 44.8 Å². The van der Waals surface area contributed by atoms with Crippen LogP contribution in [0, 0.1) is 0 Å². The summed E-state index contributed by atoms with van der Waals surface area (Å²) in [6.45, 7) is 29.0. The molecule has 6 nitrogen and oxygen atoms in total. The number of rotatable bonds is 6. The minimum absolute atomic E-state index is 0.0946. The molecule has 0 saturated carbocycles. The second-order valence-corrected chi connectivity index (χ2v) is 23.8. The van der Waals surface area contributed by atoms with Crippen molar-refractivity contribution in [1.82, 2.24) is 30.8 Å². The van der Waals surface area contributed by atoms with E-state index in [1.165, 1.54) is 32.9 Å². The van der Waals surface area contributed by atoms with Gasteiger partial charge in [-0.2, -0.15) is 30.8 Å². The maximum Gasteiger partial charge on any atom is 0.112 e. The van der Waals surface area contributed by atoms with Crippen LogP contribution < -0.4 is 10.6 Å². The van der Waals surface area contributed by atoms with Crippen LogP contribution in [0.2, 0.25) is 0 Å². The molecule has 0 saturated heterocycles. The Hall–Kier alpha value is -3.20. The molecule has 8 heteroatoms. The average Bonchev–Trinajstić information content (AvgIpc) is 3.66. The first-order chi connectivity index (χ1) is 21.4. The van der Waals surface area contributed by atoms with E-state index in [2.05, 4.69) is 175 Å². The van der Waals surface area contributed by atoms with Crippen molar-refractivity contribution in [2.45, 2.75) is 104 Å². The molecule has 2 aromatic heterocycles. The van der Waals surface area contributed by atoms with E-state index in [0.717, 1.165) is 22.5 Å². The van der Waals surface area contributed by atoms with Crippen LogP contribution in [0.1, 0.15) is 83.1 Å². The first-order valence-corrected chi connectivity index (χ1v) is 18.8. The minimum atomic E-state index is -0.599. The van der Waals surface area contributed by atoms with Gasteiger partial charge in [0.2, 0.25) is 0 Å². The molecule has 46 heavy (non-hydrogen) atoms. The SMILES string of the molecule is CC(C)(C)P(c1cc(-c2ccc(-c3cn[nH]n3)cc2)c(P(C(C)(C)C)C(C)(C)C)cc1-c1ccc(-c2cn[nH]n2)cc1)C(C)(C)C. The number of benzene rings is 3. The average molecular weight is 653 g/mol. The maximum absolute atomic E-state index is 4.32. The topological polar surface area (TPSA) is 83.1 Å². The van der Waals surface area contributed by atoms with Crippen LogP contribution in [0.15, 0.2) is 73.1 Å². The van der Waals surface area contributed by atoms with E-state index < -0.39 is 15.8 Å². The first kappa shape index (κ1) is 34.1. The second-order valence-electron chi connectivity index (χ2n) is 16.1. The van der Waals surface area contributed by atoms with Gasteiger partial charge >= 0.3 is 0 Å². The summed E-state index contributed by atoms with van der Waals surface area (Å²) in [5.41, 5.74) is 9.01. The zero-order valence-corrected chi connectivity index (χ0v) is 31.4. The predicted molar refractivity (Wildman–Crippen MR) is 200 cm³/mol. The van der Waals surface area contributed by atoms with Gasteiger partial charge in [0.25, 0.3) is 0 Å². The molecule has 0 bridgehead atoms. The Labute approximate surface area is 278 Å². The molecule has 0 aliphatic rings. The minimum Gasteiger partial charge on any atom is -0.197 e. The van der Waals surface area contributed by atoms with Gasteiger partial charge in [0.1, 0.15) is 11.4 Å². The van der Waals surface area contributed by atoms with Crippen LogP contribution >= 0.6 is 15.8 Å². The van der Waals surface area contributed by atoms with Crippen molar-refractivity contribution in [2.24, 2.45) is 0 Å². The van der Waals surface area contributed by atoms with Gasteiger partial charge in [-0.05, 0) is 65.6 Å². The van der Waals surface area contributed by atoms with Crippen LogP contribution in [-0.4, -0.2) is 51.4 Å². The Kier molecular flexibility index (Phi) is 9.23. The molecular formula is C38H50N6P2. The summed E-state index contributed by atoms with van der Waals surface area (Å²) in [7, 11) is -1.20. The molecule has 0 spiro atoms. The van der Waals surface area contributed by atoms with Gasteiger partial charge in [0.05, 0.1) is 12.4 Å². The summed E-state index contributed by atoms with van der Waals surface area (Å²) in [5, 5.41) is 25.5. The van der Waals surface area contributed by atoms with Crippen molar-refractivity contribution in [3.05, 3.63) is 73.1 Å². The van der Waals surface area contributed by atoms with Crippen LogP contribution in [0.4, 0.5) is 0 Å². The first-order valence-electron chi connectivity index (χ1n) is 16.1. The number of hydrogen-bond donors (Lipinski definition) is 2. The number of aromatic nitrogens is 6. The van der Waals surface area contributed by atoms with Crippen molar-refractivity contribution >= 4 is 26.5 Å². The fraction of sp³-hybridized carbons (Fsp3) is 0.421. The van der Waals surface area contributed by atoms with Gasteiger partial charge in [-0.25, -0.2) is 0 Å². The van der Waals surface area contributed by atoms with Gasteiger partial charge in [-0.1, -0.05) is 147 Å². The van der Waals surface area contributed by atoms with Gasteiger partial charge < -0.3 is 0 Å². The Balaban J connectivity index is 1.84. The van der Waals surface area contributed by atoms with Gasteiger partial charge in [0.15, 0.2) is 0 Å². The molecular weight excluding hydrogens is 602 g/mol. The van der Waals surface area contributed by atoms with Gasteiger partial charge in [-0.3, -0.25) is 0 Å². The van der Waals surface area contributed by atoms with Crippen molar-refractivity contribution in [3.63, 3.8) is 0 Å². The smallest absolute Gasteiger partial charge is 0.112 e. The largest absolute Gasteiger partial charge is 0.197 e. The summed E-state index contributed by atoms with van der Waals surface area (Å²) < 4.78 is 0. The van der Waals surface area contributed by atoms with Crippen molar-refractivity contribution in [2.75, 3.05) is 0 Å². The highest BCUT2D eigenvalue weighted by atomic mass is 31.1. The number of nitrogens with one attached hydrogen (secondary N) is 2. The van der Waals surface area contributed by atoms with Crippen molar-refractivity contribution in [3.8, 4) is 44.8 Å². The fourth-order valence-electron chi connectivity index (χ4n) is 7.19. The molecule has 0 fully saturated rings. The van der Waals surface area contributed by atoms with Gasteiger partial charge in [-0.15, -0.1) is 0 Å². The van der Waals surface area contributed by atoms with E-state index >= 15 is 0 Å². The number of hydrogen-bond acceptors (Lipinski definition) is 4. The molecule has 3 aromatic carbocycles. The lowest BCUT2D eigenvalue weighted by Gasteiger charge is -2.45. The van der Waals surface area contributed by atoms with E-state index in [1.807, 2.05) is 0 Å². The Morgan fingerprint density at radius 2 is 0.717 bits per heavy atom. The number of aromatic amines is 2.